The van der Waals surface area contributed by atoms with Crippen LogP contribution in [0.5, 0.6) is 0 Å². The molecule has 0 bridgehead atoms. The summed E-state index contributed by atoms with van der Waals surface area (Å²) in [6, 6.07) is 3.14. The normalized spacial score (nSPS) is 15.7. The summed E-state index contributed by atoms with van der Waals surface area (Å²) in [6.45, 7) is 19.8. The van der Waals surface area contributed by atoms with E-state index in [-0.39, 0.29) is 34.5 Å². The molecular weight excluding hydrogens is 634 g/mol. The molecule has 0 aromatic heterocycles. The van der Waals surface area contributed by atoms with Crippen molar-refractivity contribution < 1.29 is 18.4 Å². The molecule has 0 aliphatic carbocycles. The summed E-state index contributed by atoms with van der Waals surface area (Å²) in [5, 5.41) is -0.0789. The van der Waals surface area contributed by atoms with Crippen LogP contribution in [0.15, 0.2) is 12.2 Å². The molecule has 0 unspecified atom stereocenters. The maximum absolute atomic E-state index is 11.1. The van der Waals surface area contributed by atoms with Crippen LogP contribution in [0.2, 0.25) is 36.3 Å². The summed E-state index contributed by atoms with van der Waals surface area (Å²) in [7, 11) is -3.72. The van der Waals surface area contributed by atoms with E-state index in [0.717, 1.165) is 56.7 Å². The van der Waals surface area contributed by atoms with Crippen molar-refractivity contribution in [2.45, 2.75) is 164 Å². The molecule has 0 fully saturated rings. The van der Waals surface area contributed by atoms with Gasteiger partial charge in [0, 0.05) is 12.3 Å². The molecular formula is C31H60Cl4O4Si2. The summed E-state index contributed by atoms with van der Waals surface area (Å²) >= 11 is 26.8. The third-order valence-corrected chi connectivity index (χ3v) is 19.2. The number of unbranched alkanes of at least 4 members (excludes halogenated alkanes) is 5. The predicted octanol–water partition coefficient (Wildman–Crippen LogP) is 11.4. The van der Waals surface area contributed by atoms with E-state index in [4.69, 9.17) is 60.0 Å². The molecule has 0 aliphatic heterocycles. The van der Waals surface area contributed by atoms with Crippen LogP contribution in [-0.4, -0.2) is 57.0 Å². The second kappa shape index (κ2) is 20.7. The fourth-order valence-corrected chi connectivity index (χ4v) is 9.70. The Labute approximate surface area is 275 Å². The van der Waals surface area contributed by atoms with Crippen molar-refractivity contribution in [3.63, 3.8) is 0 Å². The fourth-order valence-electron chi connectivity index (χ4n) is 4.41. The lowest BCUT2D eigenvalue weighted by Crippen LogP contribution is -2.43. The Hall–Kier alpha value is 0.724. The van der Waals surface area contributed by atoms with E-state index in [1.807, 2.05) is 12.2 Å². The molecule has 0 amide bonds. The minimum absolute atomic E-state index is 0.000397. The Kier molecular flexibility index (Phi) is 21.1. The number of hydrogen-bond acceptors (Lipinski definition) is 4. The van der Waals surface area contributed by atoms with Crippen LogP contribution in [0.4, 0.5) is 0 Å². The zero-order valence-corrected chi connectivity index (χ0v) is 32.5. The molecule has 10 heteroatoms. The van der Waals surface area contributed by atoms with Crippen LogP contribution >= 0.6 is 46.4 Å². The lowest BCUT2D eigenvalue weighted by atomic mass is 10.0. The quantitative estimate of drug-likeness (QED) is 0.0351. The highest BCUT2D eigenvalue weighted by Gasteiger charge is 2.39. The minimum Gasteiger partial charge on any atom is -0.462 e. The molecule has 0 heterocycles. The lowest BCUT2D eigenvalue weighted by Gasteiger charge is -2.37. The first kappa shape index (κ1) is 41.7. The highest BCUT2D eigenvalue weighted by molar-refractivity contribution is 6.74. The average Bonchev–Trinajstić information content (AvgIpc) is 2.88. The highest BCUT2D eigenvalue weighted by Crippen LogP contribution is 2.39. The van der Waals surface area contributed by atoms with Gasteiger partial charge in [-0.2, -0.15) is 0 Å². The number of carbonyl (C=O) groups is 1. The van der Waals surface area contributed by atoms with Crippen molar-refractivity contribution in [3.05, 3.63) is 12.2 Å². The smallest absolute Gasteiger partial charge is 0.302 e. The number of alkyl halides is 4. The molecule has 244 valence electrons. The molecule has 0 saturated carbocycles. The first-order valence-electron chi connectivity index (χ1n) is 15.7. The third kappa shape index (κ3) is 18.3. The SMILES string of the molecule is CC[Si](CC)(CC)O[C@H](/C=C/COC(C)=O)[C@H](Cl)C[C@@H](Cl)CCCCCCCCC(Cl)(Cl)CO[Si](C)(C)C(C)(C)C. The van der Waals surface area contributed by atoms with Crippen LogP contribution in [0, 0.1) is 0 Å². The van der Waals surface area contributed by atoms with Crippen molar-refractivity contribution in [2.75, 3.05) is 13.2 Å². The van der Waals surface area contributed by atoms with Crippen molar-refractivity contribution in [1.29, 1.82) is 0 Å². The van der Waals surface area contributed by atoms with E-state index >= 15 is 0 Å². The molecule has 0 spiro atoms. The number of halogens is 4. The van der Waals surface area contributed by atoms with Gasteiger partial charge in [-0.25, -0.2) is 0 Å². The summed E-state index contributed by atoms with van der Waals surface area (Å²) < 4.78 is 17.2. The van der Waals surface area contributed by atoms with Gasteiger partial charge < -0.3 is 13.6 Å². The van der Waals surface area contributed by atoms with Gasteiger partial charge in [-0.1, -0.05) is 109 Å². The van der Waals surface area contributed by atoms with Crippen LogP contribution < -0.4 is 0 Å². The Morgan fingerprint density at radius 1 is 0.902 bits per heavy atom. The van der Waals surface area contributed by atoms with Crippen LogP contribution in [0.3, 0.4) is 0 Å². The van der Waals surface area contributed by atoms with Gasteiger partial charge in [0.05, 0.1) is 18.1 Å². The monoisotopic (exact) mass is 692 g/mol. The van der Waals surface area contributed by atoms with Crippen LogP contribution in [-0.2, 0) is 18.4 Å². The number of ether oxygens (including phenoxy) is 1. The van der Waals surface area contributed by atoms with Crippen molar-refractivity contribution in [2.24, 2.45) is 0 Å². The van der Waals surface area contributed by atoms with E-state index in [9.17, 15) is 4.79 Å². The Bertz CT molecular complexity index is 732. The number of rotatable bonds is 23. The van der Waals surface area contributed by atoms with Gasteiger partial charge in [0.15, 0.2) is 16.6 Å². The molecule has 0 aromatic rings. The molecule has 0 saturated heterocycles. The van der Waals surface area contributed by atoms with Gasteiger partial charge in [0.25, 0.3) is 0 Å². The Morgan fingerprint density at radius 3 is 1.95 bits per heavy atom. The van der Waals surface area contributed by atoms with Gasteiger partial charge in [-0.05, 0) is 61.6 Å². The molecule has 3 atom stereocenters. The van der Waals surface area contributed by atoms with Crippen molar-refractivity contribution >= 4 is 69.0 Å². The van der Waals surface area contributed by atoms with E-state index < -0.39 is 21.0 Å². The second-order valence-corrected chi connectivity index (χ2v) is 25.3. The molecule has 0 aromatic carbocycles. The second-order valence-electron chi connectivity index (χ2n) is 13.0. The topological polar surface area (TPSA) is 44.8 Å². The maximum Gasteiger partial charge on any atom is 0.302 e. The Balaban J connectivity index is 4.48. The van der Waals surface area contributed by atoms with E-state index in [0.29, 0.717) is 13.0 Å². The van der Waals surface area contributed by atoms with Crippen LogP contribution in [0.1, 0.15) is 106 Å². The predicted molar refractivity (Wildman–Crippen MR) is 186 cm³/mol. The van der Waals surface area contributed by atoms with Gasteiger partial charge >= 0.3 is 5.97 Å². The van der Waals surface area contributed by atoms with Gasteiger partial charge in [0.2, 0.25) is 0 Å². The van der Waals surface area contributed by atoms with Crippen molar-refractivity contribution in [1.82, 2.24) is 0 Å². The maximum atomic E-state index is 11.1. The minimum atomic E-state index is -1.86. The largest absolute Gasteiger partial charge is 0.462 e. The zero-order valence-electron chi connectivity index (χ0n) is 27.4. The summed E-state index contributed by atoms with van der Waals surface area (Å²) in [6.07, 6.45) is 12.6. The highest BCUT2D eigenvalue weighted by atomic mass is 35.5. The third-order valence-electron chi connectivity index (χ3n) is 8.63. The van der Waals surface area contributed by atoms with E-state index in [1.54, 1.807) is 0 Å². The first-order chi connectivity index (χ1) is 18.9. The fraction of sp³-hybridized carbons (Fsp3) is 0.903. The Morgan fingerprint density at radius 2 is 1.44 bits per heavy atom. The number of esters is 1. The van der Waals surface area contributed by atoms with Gasteiger partial charge in [-0.15, -0.1) is 23.2 Å². The summed E-state index contributed by atoms with van der Waals surface area (Å²) in [4.78, 5) is 11.1. The summed E-state index contributed by atoms with van der Waals surface area (Å²) in [5.41, 5.74) is 0. The van der Waals surface area contributed by atoms with Crippen LogP contribution in [0.25, 0.3) is 0 Å². The van der Waals surface area contributed by atoms with E-state index in [2.05, 4.69) is 54.6 Å². The number of hydrogen-bond donors (Lipinski definition) is 0. The first-order valence-corrected chi connectivity index (χ1v) is 22.8. The molecule has 0 aliphatic rings. The standard InChI is InChI=1S/C31H60Cl4O4Si2/c1-10-41(11-2,12-3)39-29(21-19-23-37-26(4)36)28(33)24-27(32)20-17-15-13-14-16-18-22-31(34,35)25-38-40(8,9)30(5,6)7/h19,21,27-29H,10-18,20,22-25H2,1-9H3/b21-19+/t27-,28+,29+/m0/s1. The molecule has 0 rings (SSSR count). The zero-order chi connectivity index (χ0) is 31.7. The van der Waals surface area contributed by atoms with Gasteiger partial charge in [0.1, 0.15) is 10.9 Å². The molecule has 0 radical (unpaired) electrons. The average molecular weight is 695 g/mol. The molecule has 0 N–H and O–H groups in total. The van der Waals surface area contributed by atoms with Gasteiger partial charge in [-0.3, -0.25) is 4.79 Å². The van der Waals surface area contributed by atoms with E-state index in [1.165, 1.54) is 19.8 Å². The molecule has 4 nitrogen and oxygen atoms in total. The lowest BCUT2D eigenvalue weighted by molar-refractivity contribution is -0.139. The molecule has 41 heavy (non-hydrogen) atoms. The number of carbonyl (C=O) groups excluding carboxylic acids is 1. The van der Waals surface area contributed by atoms with Crippen molar-refractivity contribution in [3.8, 4) is 0 Å². The summed E-state index contributed by atoms with van der Waals surface area (Å²) in [5.74, 6) is -0.298.